The van der Waals surface area contributed by atoms with Crippen LogP contribution in [-0.2, 0) is 4.79 Å². The van der Waals surface area contributed by atoms with Crippen LogP contribution in [0.25, 0.3) is 11.1 Å². The summed E-state index contributed by atoms with van der Waals surface area (Å²) >= 11 is 0. The number of nitrogens with one attached hydrogen (secondary N) is 2. The molecule has 6 nitrogen and oxygen atoms in total. The van der Waals surface area contributed by atoms with Crippen molar-refractivity contribution in [1.29, 1.82) is 0 Å². The molecule has 8 heteroatoms. The molecule has 5 rings (SSSR count). The van der Waals surface area contributed by atoms with Gasteiger partial charge in [0.25, 0.3) is 5.91 Å². The normalized spacial score (nSPS) is 22.7. The van der Waals surface area contributed by atoms with E-state index in [1.807, 2.05) is 30.0 Å². The Labute approximate surface area is 187 Å². The minimum absolute atomic E-state index is 0. The number of carbonyl (C=O) groups excluding carboxylic acids is 1. The molecular weight excluding hydrogens is 419 g/mol. The highest BCUT2D eigenvalue weighted by Gasteiger charge is 2.36. The molecule has 1 fully saturated rings. The third kappa shape index (κ3) is 3.88. The molecule has 3 aliphatic rings. The van der Waals surface area contributed by atoms with Crippen molar-refractivity contribution in [3.05, 3.63) is 47.8 Å². The number of ether oxygens (including phenoxy) is 1. The summed E-state index contributed by atoms with van der Waals surface area (Å²) in [5, 5.41) is 7.64. The number of hydrogen-bond donors (Lipinski definition) is 2. The summed E-state index contributed by atoms with van der Waals surface area (Å²) < 4.78 is 20.8. The Morgan fingerprint density at radius 1 is 1.16 bits per heavy atom. The van der Waals surface area contributed by atoms with Crippen LogP contribution >= 0.6 is 12.4 Å². The van der Waals surface area contributed by atoms with Gasteiger partial charge in [-0.3, -0.25) is 4.79 Å². The van der Waals surface area contributed by atoms with Gasteiger partial charge in [-0.1, -0.05) is 18.2 Å². The Balaban J connectivity index is 0.00000231. The Morgan fingerprint density at radius 3 is 2.84 bits per heavy atom. The fraction of sp³-hybridized carbons (Fsp3) is 0.391. The highest BCUT2D eigenvalue weighted by molar-refractivity contribution is 6.09. The Bertz CT molecular complexity index is 1020. The van der Waals surface area contributed by atoms with E-state index in [0.29, 0.717) is 23.1 Å². The molecule has 0 aliphatic carbocycles. The maximum absolute atomic E-state index is 14.8. The van der Waals surface area contributed by atoms with E-state index in [1.54, 1.807) is 6.07 Å². The molecule has 164 valence electrons. The quantitative estimate of drug-likeness (QED) is 0.739. The second kappa shape index (κ2) is 8.85. The number of hydrazone groups is 1. The fourth-order valence-electron chi connectivity index (χ4n) is 4.67. The largest absolute Gasteiger partial charge is 0.483 e. The zero-order valence-electron chi connectivity index (χ0n) is 17.4. The lowest BCUT2D eigenvalue weighted by molar-refractivity contribution is -0.122. The smallest absolute Gasteiger partial charge is 0.262 e. The lowest BCUT2D eigenvalue weighted by Gasteiger charge is -2.39. The van der Waals surface area contributed by atoms with Gasteiger partial charge in [-0.05, 0) is 74.5 Å². The van der Waals surface area contributed by atoms with Crippen molar-refractivity contribution in [3.63, 3.8) is 0 Å². The minimum atomic E-state index is -0.386. The van der Waals surface area contributed by atoms with Crippen LogP contribution in [-0.4, -0.2) is 37.5 Å². The number of benzene rings is 2. The summed E-state index contributed by atoms with van der Waals surface area (Å²) in [6.07, 6.45) is 3.09. The molecule has 0 saturated carbocycles. The molecular formula is C23H26ClFN4O2. The lowest BCUT2D eigenvalue weighted by Crippen LogP contribution is -2.55. The number of amides is 1. The Hall–Kier alpha value is -2.64. The first-order valence-corrected chi connectivity index (χ1v) is 10.6. The van der Waals surface area contributed by atoms with E-state index in [0.717, 1.165) is 49.2 Å². The van der Waals surface area contributed by atoms with Gasteiger partial charge in [-0.15, -0.1) is 12.4 Å². The van der Waals surface area contributed by atoms with E-state index in [4.69, 9.17) is 4.74 Å². The highest BCUT2D eigenvalue weighted by Crippen LogP contribution is 2.44. The average Bonchev–Trinajstić information content (AvgIpc) is 3.05. The summed E-state index contributed by atoms with van der Waals surface area (Å²) in [4.78, 5) is 14.2. The van der Waals surface area contributed by atoms with Gasteiger partial charge in [0.2, 0.25) is 0 Å². The molecule has 0 unspecified atom stereocenters. The number of anilines is 1. The van der Waals surface area contributed by atoms with E-state index >= 15 is 0 Å². The van der Waals surface area contributed by atoms with Crippen molar-refractivity contribution in [2.24, 2.45) is 5.10 Å². The van der Waals surface area contributed by atoms with Gasteiger partial charge < -0.3 is 15.0 Å². The van der Waals surface area contributed by atoms with E-state index < -0.39 is 0 Å². The van der Waals surface area contributed by atoms with E-state index in [9.17, 15) is 9.18 Å². The first-order chi connectivity index (χ1) is 14.6. The average molecular weight is 445 g/mol. The Morgan fingerprint density at radius 2 is 2.00 bits per heavy atom. The number of carbonyl (C=O) groups is 1. The van der Waals surface area contributed by atoms with Crippen LogP contribution in [0.5, 0.6) is 5.75 Å². The van der Waals surface area contributed by atoms with Gasteiger partial charge in [-0.2, -0.15) is 5.10 Å². The van der Waals surface area contributed by atoms with Crippen LogP contribution in [0, 0.1) is 5.82 Å². The predicted molar refractivity (Wildman–Crippen MR) is 122 cm³/mol. The standard InChI is InChI=1S/C23H25FN4O2.ClH/c1-14-23(29)27-26-22-13-30-21-12-18(16-6-2-3-7-19(16)24)17(11-20(21)28(14)22)15-5-4-9-25-10-8-15;/h2-3,6-7,11-12,14-15,25H,4-5,8-10,13H2,1H3,(H,27,29);1H/t14-,15+;/m1./s1. The molecule has 3 aliphatic heterocycles. The van der Waals surface area contributed by atoms with Crippen LogP contribution in [0.3, 0.4) is 0 Å². The molecule has 2 aromatic rings. The van der Waals surface area contributed by atoms with Crippen molar-refractivity contribution in [1.82, 2.24) is 10.7 Å². The van der Waals surface area contributed by atoms with Gasteiger partial charge in [0.1, 0.15) is 24.2 Å². The molecule has 0 radical (unpaired) electrons. The van der Waals surface area contributed by atoms with Crippen LogP contribution < -0.4 is 20.4 Å². The summed E-state index contributed by atoms with van der Waals surface area (Å²) in [5.41, 5.74) is 5.95. The maximum Gasteiger partial charge on any atom is 0.262 e. The van der Waals surface area contributed by atoms with Crippen LogP contribution in [0.4, 0.5) is 10.1 Å². The molecule has 2 aromatic carbocycles. The maximum atomic E-state index is 14.8. The van der Waals surface area contributed by atoms with Crippen molar-refractivity contribution in [3.8, 4) is 16.9 Å². The summed E-state index contributed by atoms with van der Waals surface area (Å²) in [7, 11) is 0. The summed E-state index contributed by atoms with van der Waals surface area (Å²) in [6.45, 7) is 4.06. The first kappa shape index (κ1) is 21.6. The SMILES string of the molecule is C[C@@H]1C(=O)NN=C2COc3cc(-c4ccccc4F)c([C@H]4CCCNCC4)cc3N21.Cl. The van der Waals surface area contributed by atoms with E-state index in [1.165, 1.54) is 6.07 Å². The summed E-state index contributed by atoms with van der Waals surface area (Å²) in [6, 6.07) is 10.5. The second-order valence-corrected chi connectivity index (χ2v) is 8.10. The van der Waals surface area contributed by atoms with Crippen molar-refractivity contribution < 1.29 is 13.9 Å². The van der Waals surface area contributed by atoms with E-state index in [-0.39, 0.29) is 36.8 Å². The zero-order chi connectivity index (χ0) is 20.7. The number of halogens is 2. The molecule has 31 heavy (non-hydrogen) atoms. The molecule has 0 spiro atoms. The molecule has 1 saturated heterocycles. The number of hydrogen-bond acceptors (Lipinski definition) is 5. The van der Waals surface area contributed by atoms with Crippen LogP contribution in [0.2, 0.25) is 0 Å². The summed E-state index contributed by atoms with van der Waals surface area (Å²) in [5.74, 6) is 1.25. The molecule has 0 bridgehead atoms. The lowest BCUT2D eigenvalue weighted by atomic mass is 9.85. The predicted octanol–water partition coefficient (Wildman–Crippen LogP) is 3.80. The third-order valence-corrected chi connectivity index (χ3v) is 6.27. The van der Waals surface area contributed by atoms with Crippen LogP contribution in [0.15, 0.2) is 41.5 Å². The van der Waals surface area contributed by atoms with Crippen molar-refractivity contribution in [2.45, 2.75) is 38.1 Å². The molecule has 2 atom stereocenters. The second-order valence-electron chi connectivity index (χ2n) is 8.10. The Kier molecular flexibility index (Phi) is 6.16. The number of fused-ring (bicyclic) bond motifs is 3. The number of amidine groups is 1. The zero-order valence-corrected chi connectivity index (χ0v) is 18.2. The van der Waals surface area contributed by atoms with Gasteiger partial charge in [0.05, 0.1) is 5.69 Å². The van der Waals surface area contributed by atoms with E-state index in [2.05, 4.69) is 21.9 Å². The van der Waals surface area contributed by atoms with Gasteiger partial charge in [0, 0.05) is 5.56 Å². The fourth-order valence-corrected chi connectivity index (χ4v) is 4.67. The van der Waals surface area contributed by atoms with Gasteiger partial charge in [-0.25, -0.2) is 9.82 Å². The third-order valence-electron chi connectivity index (χ3n) is 6.27. The van der Waals surface area contributed by atoms with Gasteiger partial charge in [0.15, 0.2) is 5.84 Å². The number of nitrogens with zero attached hydrogens (tertiary/aromatic N) is 2. The number of rotatable bonds is 2. The topological polar surface area (TPSA) is 66.0 Å². The molecule has 0 aromatic heterocycles. The van der Waals surface area contributed by atoms with Crippen LogP contribution in [0.1, 0.15) is 37.7 Å². The molecule has 1 amide bonds. The van der Waals surface area contributed by atoms with Crippen molar-refractivity contribution >= 4 is 29.8 Å². The monoisotopic (exact) mass is 444 g/mol. The highest BCUT2D eigenvalue weighted by atomic mass is 35.5. The van der Waals surface area contributed by atoms with Crippen molar-refractivity contribution in [2.75, 3.05) is 24.6 Å². The molecule has 2 N–H and O–H groups in total. The first-order valence-electron chi connectivity index (χ1n) is 10.6. The minimum Gasteiger partial charge on any atom is -0.483 e. The van der Waals surface area contributed by atoms with Gasteiger partial charge >= 0.3 is 0 Å². The molecule has 3 heterocycles.